The highest BCUT2D eigenvalue weighted by molar-refractivity contribution is 6.30. The fourth-order valence-corrected chi connectivity index (χ4v) is 2.87. The van der Waals surface area contributed by atoms with Gasteiger partial charge in [-0.15, -0.1) is 0 Å². The zero-order valence-corrected chi connectivity index (χ0v) is 13.2. The summed E-state index contributed by atoms with van der Waals surface area (Å²) in [7, 11) is 0. The van der Waals surface area contributed by atoms with E-state index in [0.717, 1.165) is 33.7 Å². The summed E-state index contributed by atoms with van der Waals surface area (Å²) in [5, 5.41) is 5.41. The first kappa shape index (κ1) is 13.9. The van der Waals surface area contributed by atoms with Crippen molar-refractivity contribution < 1.29 is 0 Å². The molecule has 112 valence electrons. The Labute approximate surface area is 138 Å². The summed E-state index contributed by atoms with van der Waals surface area (Å²) in [6.45, 7) is 1.99. The largest absolute Gasteiger partial charge is 0.265 e. The lowest BCUT2D eigenvalue weighted by Gasteiger charge is -2.05. The van der Waals surface area contributed by atoms with Crippen LogP contribution in [0.1, 0.15) is 5.69 Å². The first-order chi connectivity index (χ1) is 11.2. The second-order valence-electron chi connectivity index (χ2n) is 5.27. The van der Waals surface area contributed by atoms with Crippen molar-refractivity contribution in [3.8, 4) is 22.4 Å². The number of fused-ring (bicyclic) bond motifs is 1. The molecule has 3 heterocycles. The third-order valence-electron chi connectivity index (χ3n) is 3.80. The molecule has 5 heteroatoms. The van der Waals surface area contributed by atoms with Gasteiger partial charge in [-0.05, 0) is 42.8 Å². The number of nitrogens with zero attached hydrogens (tertiary/aromatic N) is 4. The summed E-state index contributed by atoms with van der Waals surface area (Å²) < 4.78 is 1.88. The van der Waals surface area contributed by atoms with Crippen LogP contribution in [0, 0.1) is 6.92 Å². The van der Waals surface area contributed by atoms with Crippen molar-refractivity contribution in [2.45, 2.75) is 6.92 Å². The molecular formula is C18H13ClN4. The van der Waals surface area contributed by atoms with E-state index in [1.54, 1.807) is 12.4 Å². The molecule has 0 aliphatic heterocycles. The number of rotatable bonds is 2. The molecule has 1 aromatic carbocycles. The van der Waals surface area contributed by atoms with Crippen LogP contribution < -0.4 is 0 Å². The summed E-state index contributed by atoms with van der Waals surface area (Å²) in [5.74, 6) is 0. The molecule has 4 rings (SSSR count). The number of halogens is 1. The number of aromatic nitrogens is 4. The Bertz CT molecular complexity index is 975. The van der Waals surface area contributed by atoms with Crippen molar-refractivity contribution in [3.05, 3.63) is 71.8 Å². The van der Waals surface area contributed by atoms with Crippen LogP contribution in [0.15, 0.2) is 61.1 Å². The molecule has 0 atom stereocenters. The van der Waals surface area contributed by atoms with E-state index in [9.17, 15) is 0 Å². The average Bonchev–Trinajstić information content (AvgIpc) is 2.92. The molecule has 0 aliphatic rings. The highest BCUT2D eigenvalue weighted by Gasteiger charge is 2.15. The molecule has 4 aromatic rings. The molecule has 4 nitrogen and oxygen atoms in total. The van der Waals surface area contributed by atoms with E-state index >= 15 is 0 Å². The van der Waals surface area contributed by atoms with Crippen molar-refractivity contribution in [1.29, 1.82) is 0 Å². The van der Waals surface area contributed by atoms with Gasteiger partial charge < -0.3 is 0 Å². The Balaban J connectivity index is 1.98. The maximum atomic E-state index is 5.99. The third-order valence-corrected chi connectivity index (χ3v) is 4.05. The molecule has 0 bridgehead atoms. The van der Waals surface area contributed by atoms with E-state index in [1.807, 2.05) is 60.1 Å². The van der Waals surface area contributed by atoms with Gasteiger partial charge in [0.05, 0.1) is 11.4 Å². The SMILES string of the molecule is Cc1nn2c(-c3ccncc3)ccnc2c1-c1ccc(Cl)cc1. The molecule has 0 unspecified atom stereocenters. The molecule has 0 saturated carbocycles. The van der Waals surface area contributed by atoms with Crippen LogP contribution in [0.3, 0.4) is 0 Å². The Hall–Kier alpha value is -2.72. The minimum absolute atomic E-state index is 0.716. The Morgan fingerprint density at radius 1 is 0.870 bits per heavy atom. The molecule has 0 spiro atoms. The lowest BCUT2D eigenvalue weighted by Crippen LogP contribution is -1.95. The molecule has 0 saturated heterocycles. The lowest BCUT2D eigenvalue weighted by atomic mass is 10.1. The van der Waals surface area contributed by atoms with Gasteiger partial charge in [-0.25, -0.2) is 9.50 Å². The van der Waals surface area contributed by atoms with Gasteiger partial charge in [-0.2, -0.15) is 5.10 Å². The predicted molar refractivity (Wildman–Crippen MR) is 91.4 cm³/mol. The maximum absolute atomic E-state index is 5.99. The smallest absolute Gasteiger partial charge is 0.163 e. The fraction of sp³-hybridized carbons (Fsp3) is 0.0556. The molecule has 0 fully saturated rings. The van der Waals surface area contributed by atoms with Crippen LogP contribution >= 0.6 is 11.6 Å². The van der Waals surface area contributed by atoms with Gasteiger partial charge in [0.25, 0.3) is 0 Å². The summed E-state index contributed by atoms with van der Waals surface area (Å²) in [6, 6.07) is 13.6. The second-order valence-corrected chi connectivity index (χ2v) is 5.71. The van der Waals surface area contributed by atoms with Crippen LogP contribution in [-0.4, -0.2) is 19.6 Å². The van der Waals surface area contributed by atoms with E-state index in [1.165, 1.54) is 0 Å². The maximum Gasteiger partial charge on any atom is 0.163 e. The van der Waals surface area contributed by atoms with Crippen LogP contribution in [0.25, 0.3) is 28.0 Å². The molecule has 23 heavy (non-hydrogen) atoms. The second kappa shape index (κ2) is 5.48. The zero-order valence-electron chi connectivity index (χ0n) is 12.4. The van der Waals surface area contributed by atoms with Crippen molar-refractivity contribution in [1.82, 2.24) is 19.6 Å². The summed E-state index contributed by atoms with van der Waals surface area (Å²) in [4.78, 5) is 8.61. The van der Waals surface area contributed by atoms with Gasteiger partial charge in [0, 0.05) is 34.7 Å². The van der Waals surface area contributed by atoms with E-state index in [-0.39, 0.29) is 0 Å². The minimum Gasteiger partial charge on any atom is -0.265 e. The summed E-state index contributed by atoms with van der Waals surface area (Å²) in [5.41, 5.74) is 5.89. The molecule has 0 aliphatic carbocycles. The summed E-state index contributed by atoms with van der Waals surface area (Å²) >= 11 is 5.99. The van der Waals surface area contributed by atoms with E-state index in [4.69, 9.17) is 11.6 Å². The Morgan fingerprint density at radius 2 is 1.61 bits per heavy atom. The van der Waals surface area contributed by atoms with Gasteiger partial charge in [0.2, 0.25) is 0 Å². The van der Waals surface area contributed by atoms with E-state index in [2.05, 4.69) is 15.1 Å². The molecule has 0 N–H and O–H groups in total. The monoisotopic (exact) mass is 320 g/mol. The van der Waals surface area contributed by atoms with Crippen LogP contribution in [-0.2, 0) is 0 Å². The first-order valence-electron chi connectivity index (χ1n) is 7.25. The molecular weight excluding hydrogens is 308 g/mol. The van der Waals surface area contributed by atoms with Gasteiger partial charge in [0.1, 0.15) is 0 Å². The van der Waals surface area contributed by atoms with Crippen molar-refractivity contribution >= 4 is 17.2 Å². The van der Waals surface area contributed by atoms with Gasteiger partial charge in [-0.1, -0.05) is 23.7 Å². The van der Waals surface area contributed by atoms with Crippen LogP contribution in [0.2, 0.25) is 5.02 Å². The predicted octanol–water partition coefficient (Wildman–Crippen LogP) is 4.42. The van der Waals surface area contributed by atoms with E-state index in [0.29, 0.717) is 5.02 Å². The van der Waals surface area contributed by atoms with Crippen molar-refractivity contribution in [2.75, 3.05) is 0 Å². The Morgan fingerprint density at radius 3 is 2.35 bits per heavy atom. The van der Waals surface area contributed by atoms with Gasteiger partial charge in [-0.3, -0.25) is 4.98 Å². The topological polar surface area (TPSA) is 43.1 Å². The van der Waals surface area contributed by atoms with Gasteiger partial charge in [0.15, 0.2) is 5.65 Å². The molecule has 3 aromatic heterocycles. The highest BCUT2D eigenvalue weighted by atomic mass is 35.5. The number of benzene rings is 1. The number of hydrogen-bond acceptors (Lipinski definition) is 3. The third kappa shape index (κ3) is 2.37. The Kier molecular flexibility index (Phi) is 3.32. The van der Waals surface area contributed by atoms with Crippen molar-refractivity contribution in [2.24, 2.45) is 0 Å². The number of aryl methyl sites for hydroxylation is 1. The molecule has 0 radical (unpaired) electrons. The minimum atomic E-state index is 0.716. The van der Waals surface area contributed by atoms with Crippen LogP contribution in [0.5, 0.6) is 0 Å². The number of pyridine rings is 1. The molecule has 0 amide bonds. The lowest BCUT2D eigenvalue weighted by molar-refractivity contribution is 0.924. The van der Waals surface area contributed by atoms with Gasteiger partial charge >= 0.3 is 0 Å². The quantitative estimate of drug-likeness (QED) is 0.549. The standard InChI is InChI=1S/C18H13ClN4/c1-12-17(14-2-4-15(19)5-3-14)18-21-11-8-16(23(18)22-12)13-6-9-20-10-7-13/h2-11H,1H3. The normalized spacial score (nSPS) is 11.0. The van der Waals surface area contributed by atoms with E-state index < -0.39 is 0 Å². The van der Waals surface area contributed by atoms with Crippen molar-refractivity contribution in [3.63, 3.8) is 0 Å². The summed E-state index contributed by atoms with van der Waals surface area (Å²) in [6.07, 6.45) is 5.36. The number of hydrogen-bond donors (Lipinski definition) is 0. The average molecular weight is 321 g/mol. The zero-order chi connectivity index (χ0) is 15.8. The highest BCUT2D eigenvalue weighted by Crippen LogP contribution is 2.30. The van der Waals surface area contributed by atoms with Crippen LogP contribution in [0.4, 0.5) is 0 Å². The first-order valence-corrected chi connectivity index (χ1v) is 7.62. The fourth-order valence-electron chi connectivity index (χ4n) is 2.75.